The fraction of sp³-hybridized carbons (Fsp3) is 0.400. The molecule has 0 spiro atoms. The van der Waals surface area contributed by atoms with Gasteiger partial charge in [0.25, 0.3) is 0 Å². The summed E-state index contributed by atoms with van der Waals surface area (Å²) < 4.78 is 0. The molecule has 2 nitrogen and oxygen atoms in total. The third kappa shape index (κ3) is 3.28. The lowest BCUT2D eigenvalue weighted by Crippen LogP contribution is -2.18. The molecule has 68 valence electrons. The Hall–Kier alpha value is -1.18. The smallest absolute Gasteiger partial charge is 0.0569 e. The number of allylic oxidation sites excluding steroid dienone is 2. The van der Waals surface area contributed by atoms with Gasteiger partial charge in [0.05, 0.1) is 11.4 Å². The molecule has 0 aliphatic heterocycles. The highest BCUT2D eigenvalue weighted by atomic mass is 14.9. The molecule has 0 radical (unpaired) electrons. The molecule has 0 atom stereocenters. The van der Waals surface area contributed by atoms with Gasteiger partial charge in [0.2, 0.25) is 0 Å². The Balaban J connectivity index is 4.34. The number of nitrogens with one attached hydrogen (secondary N) is 2. The zero-order chi connectivity index (χ0) is 9.40. The van der Waals surface area contributed by atoms with Gasteiger partial charge in [-0.3, -0.25) is 0 Å². The molecule has 2 N–H and O–H groups in total. The van der Waals surface area contributed by atoms with Gasteiger partial charge in [0, 0.05) is 13.6 Å². The van der Waals surface area contributed by atoms with Crippen molar-refractivity contribution in [1.82, 2.24) is 10.6 Å². The molecule has 0 aliphatic rings. The molecule has 0 unspecified atom stereocenters. The number of rotatable bonds is 6. The number of hydrogen-bond acceptors (Lipinski definition) is 2. The quantitative estimate of drug-likeness (QED) is 0.588. The van der Waals surface area contributed by atoms with Gasteiger partial charge >= 0.3 is 0 Å². The van der Waals surface area contributed by atoms with Crippen molar-refractivity contribution in [2.75, 3.05) is 13.6 Å². The summed E-state index contributed by atoms with van der Waals surface area (Å²) in [5.41, 5.74) is 1.99. The van der Waals surface area contributed by atoms with E-state index in [-0.39, 0.29) is 0 Å². The largest absolute Gasteiger partial charge is 0.386 e. The fourth-order valence-electron chi connectivity index (χ4n) is 0.884. The van der Waals surface area contributed by atoms with Crippen molar-refractivity contribution in [3.05, 3.63) is 36.7 Å². The lowest BCUT2D eigenvalue weighted by Gasteiger charge is -2.10. The first-order valence-electron chi connectivity index (χ1n) is 4.20. The van der Waals surface area contributed by atoms with Crippen LogP contribution in [0.4, 0.5) is 0 Å². The first kappa shape index (κ1) is 10.8. The predicted molar refractivity (Wildman–Crippen MR) is 54.8 cm³/mol. The highest BCUT2D eigenvalue weighted by Crippen LogP contribution is 1.99. The van der Waals surface area contributed by atoms with Crippen LogP contribution in [0.5, 0.6) is 0 Å². The van der Waals surface area contributed by atoms with Gasteiger partial charge < -0.3 is 10.6 Å². The molecule has 12 heavy (non-hydrogen) atoms. The van der Waals surface area contributed by atoms with Crippen molar-refractivity contribution in [2.45, 2.75) is 13.3 Å². The maximum absolute atomic E-state index is 3.72. The minimum atomic E-state index is 0.959. The van der Waals surface area contributed by atoms with Crippen molar-refractivity contribution in [3.8, 4) is 0 Å². The van der Waals surface area contributed by atoms with E-state index in [1.165, 1.54) is 0 Å². The first-order valence-corrected chi connectivity index (χ1v) is 4.20. The summed E-state index contributed by atoms with van der Waals surface area (Å²) in [5, 5.41) is 6.29. The summed E-state index contributed by atoms with van der Waals surface area (Å²) >= 11 is 0. The Morgan fingerprint density at radius 1 is 1.25 bits per heavy atom. The van der Waals surface area contributed by atoms with E-state index in [2.05, 4.69) is 30.7 Å². The van der Waals surface area contributed by atoms with E-state index in [1.54, 1.807) is 12.2 Å². The maximum atomic E-state index is 3.72. The monoisotopic (exact) mass is 166 g/mol. The van der Waals surface area contributed by atoms with E-state index < -0.39 is 0 Å². The van der Waals surface area contributed by atoms with Crippen molar-refractivity contribution < 1.29 is 0 Å². The number of likely N-dealkylation sites (N-methyl/N-ethyl adjacent to an activating group) is 1. The van der Waals surface area contributed by atoms with Crippen molar-refractivity contribution >= 4 is 0 Å². The molecule has 0 aromatic rings. The van der Waals surface area contributed by atoms with Crippen molar-refractivity contribution in [1.29, 1.82) is 0 Å². The Bertz CT molecular complexity index is 180. The topological polar surface area (TPSA) is 24.1 Å². The molecule has 0 saturated heterocycles. The lowest BCUT2D eigenvalue weighted by atomic mass is 10.3. The zero-order valence-electron chi connectivity index (χ0n) is 7.98. The van der Waals surface area contributed by atoms with E-state index in [0.29, 0.717) is 0 Å². The summed E-state index contributed by atoms with van der Waals surface area (Å²) in [6.45, 7) is 10.5. The summed E-state index contributed by atoms with van der Waals surface area (Å²) in [4.78, 5) is 0. The van der Waals surface area contributed by atoms with Crippen LogP contribution in [0.3, 0.4) is 0 Å². The summed E-state index contributed by atoms with van der Waals surface area (Å²) in [5.74, 6) is 0. The summed E-state index contributed by atoms with van der Waals surface area (Å²) in [6, 6.07) is 0. The standard InChI is InChI=1S/C10H18N2/c1-5-8-12-10(7-3)9(6-2)11-4/h6-7,11-12H,2-3,5,8H2,1,4H3/b10-9-. The Kier molecular flexibility index (Phi) is 5.88. The highest BCUT2D eigenvalue weighted by Gasteiger charge is 1.95. The average Bonchev–Trinajstić information content (AvgIpc) is 2.12. The van der Waals surface area contributed by atoms with E-state index in [9.17, 15) is 0 Å². The van der Waals surface area contributed by atoms with Crippen LogP contribution in [0.2, 0.25) is 0 Å². The van der Waals surface area contributed by atoms with Gasteiger partial charge in [-0.25, -0.2) is 0 Å². The maximum Gasteiger partial charge on any atom is 0.0569 e. The second-order valence-corrected chi connectivity index (χ2v) is 2.41. The molecule has 0 aromatic carbocycles. The normalized spacial score (nSPS) is 11.5. The molecule has 0 saturated carbocycles. The third-order valence-corrected chi connectivity index (χ3v) is 1.53. The number of hydrogen-bond donors (Lipinski definition) is 2. The zero-order valence-corrected chi connectivity index (χ0v) is 7.98. The molecular weight excluding hydrogens is 148 g/mol. The van der Waals surface area contributed by atoms with Crippen molar-refractivity contribution in [2.24, 2.45) is 0 Å². The lowest BCUT2D eigenvalue weighted by molar-refractivity contribution is 0.769. The molecule has 0 amide bonds. The van der Waals surface area contributed by atoms with Gasteiger partial charge in [-0.05, 0) is 18.6 Å². The summed E-state index contributed by atoms with van der Waals surface area (Å²) in [7, 11) is 1.87. The van der Waals surface area contributed by atoms with Gasteiger partial charge in [-0.2, -0.15) is 0 Å². The van der Waals surface area contributed by atoms with Gasteiger partial charge in [-0.1, -0.05) is 20.1 Å². The van der Waals surface area contributed by atoms with Gasteiger partial charge in [0.1, 0.15) is 0 Å². The van der Waals surface area contributed by atoms with Crippen LogP contribution in [0, 0.1) is 0 Å². The molecule has 0 rings (SSSR count). The molecule has 0 aromatic heterocycles. The SMILES string of the molecule is C=C/C(NC)=C(\C=C)NCCC. The molecule has 0 heterocycles. The third-order valence-electron chi connectivity index (χ3n) is 1.53. The second-order valence-electron chi connectivity index (χ2n) is 2.41. The Morgan fingerprint density at radius 3 is 2.17 bits per heavy atom. The van der Waals surface area contributed by atoms with E-state index in [1.807, 2.05) is 7.05 Å². The van der Waals surface area contributed by atoms with Crippen LogP contribution in [0.15, 0.2) is 36.7 Å². The van der Waals surface area contributed by atoms with Crippen LogP contribution in [-0.4, -0.2) is 13.6 Å². The predicted octanol–water partition coefficient (Wildman–Crippen LogP) is 1.79. The highest BCUT2D eigenvalue weighted by molar-refractivity contribution is 5.28. The molecule has 0 aliphatic carbocycles. The van der Waals surface area contributed by atoms with Crippen LogP contribution in [-0.2, 0) is 0 Å². The molecule has 0 bridgehead atoms. The van der Waals surface area contributed by atoms with Gasteiger partial charge in [0.15, 0.2) is 0 Å². The minimum absolute atomic E-state index is 0.959. The Labute approximate surface area is 75.1 Å². The minimum Gasteiger partial charge on any atom is -0.386 e. The molecule has 0 fully saturated rings. The average molecular weight is 166 g/mol. The molecular formula is C10H18N2. The van der Waals surface area contributed by atoms with Crippen LogP contribution in [0.25, 0.3) is 0 Å². The summed E-state index contributed by atoms with van der Waals surface area (Å²) in [6.07, 6.45) is 4.67. The van der Waals surface area contributed by atoms with E-state index in [0.717, 1.165) is 24.4 Å². The second kappa shape index (κ2) is 6.53. The Morgan fingerprint density at radius 2 is 1.83 bits per heavy atom. The van der Waals surface area contributed by atoms with Gasteiger partial charge in [-0.15, -0.1) is 0 Å². The van der Waals surface area contributed by atoms with Crippen LogP contribution in [0.1, 0.15) is 13.3 Å². The fourth-order valence-corrected chi connectivity index (χ4v) is 0.884. The van der Waals surface area contributed by atoms with E-state index >= 15 is 0 Å². The van der Waals surface area contributed by atoms with Crippen molar-refractivity contribution in [3.63, 3.8) is 0 Å². The van der Waals surface area contributed by atoms with Crippen LogP contribution < -0.4 is 10.6 Å². The van der Waals surface area contributed by atoms with E-state index in [4.69, 9.17) is 0 Å². The molecule has 2 heteroatoms. The van der Waals surface area contributed by atoms with Crippen LogP contribution >= 0.6 is 0 Å². The first-order chi connectivity index (χ1) is 5.79.